The van der Waals surface area contributed by atoms with E-state index >= 15 is 0 Å². The third-order valence-electron chi connectivity index (χ3n) is 2.49. The summed E-state index contributed by atoms with van der Waals surface area (Å²) in [5.41, 5.74) is 3.57. The van der Waals surface area contributed by atoms with Crippen LogP contribution in [0, 0.1) is 19.7 Å². The highest BCUT2D eigenvalue weighted by molar-refractivity contribution is 5.71. The number of hydrogen-bond acceptors (Lipinski definition) is 1. The standard InChI is InChI=1S/C14H13FO/c1-9-5-10(2)7-11(6-9)13-8-12(15)3-4-14(13)16/h3-8,16H,1-2H3. The summed E-state index contributed by atoms with van der Waals surface area (Å²) in [4.78, 5) is 0. The number of phenols is 1. The van der Waals surface area contributed by atoms with Gasteiger partial charge in [-0.1, -0.05) is 29.3 Å². The van der Waals surface area contributed by atoms with E-state index in [-0.39, 0.29) is 11.6 Å². The summed E-state index contributed by atoms with van der Waals surface area (Å²) >= 11 is 0. The van der Waals surface area contributed by atoms with E-state index in [0.717, 1.165) is 16.7 Å². The van der Waals surface area contributed by atoms with Crippen molar-refractivity contribution in [3.8, 4) is 16.9 Å². The average Bonchev–Trinajstić information content (AvgIpc) is 2.20. The number of aromatic hydroxyl groups is 1. The lowest BCUT2D eigenvalue weighted by Crippen LogP contribution is -1.85. The van der Waals surface area contributed by atoms with Crippen LogP contribution in [-0.4, -0.2) is 5.11 Å². The van der Waals surface area contributed by atoms with E-state index in [1.54, 1.807) is 0 Å². The van der Waals surface area contributed by atoms with Crippen LogP contribution < -0.4 is 0 Å². The molecular formula is C14H13FO. The van der Waals surface area contributed by atoms with Gasteiger partial charge in [-0.2, -0.15) is 0 Å². The zero-order valence-electron chi connectivity index (χ0n) is 9.29. The Bertz CT molecular complexity index is 512. The van der Waals surface area contributed by atoms with Crippen LogP contribution in [0.3, 0.4) is 0 Å². The molecule has 0 aromatic heterocycles. The zero-order chi connectivity index (χ0) is 11.7. The third-order valence-corrected chi connectivity index (χ3v) is 2.49. The van der Waals surface area contributed by atoms with Gasteiger partial charge >= 0.3 is 0 Å². The molecule has 2 rings (SSSR count). The summed E-state index contributed by atoms with van der Waals surface area (Å²) in [6, 6.07) is 9.89. The van der Waals surface area contributed by atoms with E-state index in [0.29, 0.717) is 5.56 Å². The van der Waals surface area contributed by atoms with E-state index in [4.69, 9.17) is 0 Å². The van der Waals surface area contributed by atoms with Crippen molar-refractivity contribution in [2.45, 2.75) is 13.8 Å². The van der Waals surface area contributed by atoms with Crippen LogP contribution >= 0.6 is 0 Å². The third kappa shape index (κ3) is 2.06. The number of hydrogen-bond donors (Lipinski definition) is 1. The molecule has 0 aliphatic rings. The number of phenolic OH excluding ortho intramolecular Hbond substituents is 1. The quantitative estimate of drug-likeness (QED) is 0.768. The predicted octanol–water partition coefficient (Wildman–Crippen LogP) is 3.82. The van der Waals surface area contributed by atoms with E-state index in [2.05, 4.69) is 0 Å². The topological polar surface area (TPSA) is 20.2 Å². The molecule has 2 heteroatoms. The molecule has 0 fully saturated rings. The van der Waals surface area contributed by atoms with Crippen molar-refractivity contribution in [3.05, 3.63) is 53.3 Å². The lowest BCUT2D eigenvalue weighted by Gasteiger charge is -2.07. The molecule has 0 aliphatic heterocycles. The van der Waals surface area contributed by atoms with Crippen molar-refractivity contribution in [2.75, 3.05) is 0 Å². The predicted molar refractivity (Wildman–Crippen MR) is 63.0 cm³/mol. The summed E-state index contributed by atoms with van der Waals surface area (Å²) in [5, 5.41) is 9.70. The first-order chi connectivity index (χ1) is 7.56. The van der Waals surface area contributed by atoms with E-state index in [1.165, 1.54) is 18.2 Å². The molecule has 16 heavy (non-hydrogen) atoms. The van der Waals surface area contributed by atoms with Gasteiger partial charge in [-0.3, -0.25) is 0 Å². The van der Waals surface area contributed by atoms with E-state index in [1.807, 2.05) is 32.0 Å². The Hall–Kier alpha value is -1.83. The summed E-state index contributed by atoms with van der Waals surface area (Å²) in [6.45, 7) is 3.96. The second-order valence-corrected chi connectivity index (χ2v) is 4.04. The average molecular weight is 216 g/mol. The minimum atomic E-state index is -0.341. The Morgan fingerprint density at radius 1 is 0.938 bits per heavy atom. The maximum Gasteiger partial charge on any atom is 0.124 e. The van der Waals surface area contributed by atoms with Gasteiger partial charge in [0.15, 0.2) is 0 Å². The van der Waals surface area contributed by atoms with Crippen LogP contribution in [0.2, 0.25) is 0 Å². The van der Waals surface area contributed by atoms with Crippen LogP contribution in [-0.2, 0) is 0 Å². The van der Waals surface area contributed by atoms with Gasteiger partial charge in [-0.15, -0.1) is 0 Å². The monoisotopic (exact) mass is 216 g/mol. The van der Waals surface area contributed by atoms with Gasteiger partial charge in [-0.25, -0.2) is 4.39 Å². The van der Waals surface area contributed by atoms with Crippen molar-refractivity contribution in [1.29, 1.82) is 0 Å². The van der Waals surface area contributed by atoms with Crippen LogP contribution in [0.1, 0.15) is 11.1 Å². The van der Waals surface area contributed by atoms with Crippen molar-refractivity contribution in [3.63, 3.8) is 0 Å². The molecule has 82 valence electrons. The summed E-state index contributed by atoms with van der Waals surface area (Å²) in [6.07, 6.45) is 0. The van der Waals surface area contributed by atoms with Crippen LogP contribution in [0.15, 0.2) is 36.4 Å². The number of rotatable bonds is 1. The Kier molecular flexibility index (Phi) is 2.65. The Morgan fingerprint density at radius 3 is 2.19 bits per heavy atom. The molecule has 2 aromatic rings. The van der Waals surface area contributed by atoms with Gasteiger partial charge in [0.05, 0.1) is 0 Å². The Labute approximate surface area is 94.2 Å². The summed E-state index contributed by atoms with van der Waals surface area (Å²) < 4.78 is 13.1. The summed E-state index contributed by atoms with van der Waals surface area (Å²) in [5.74, 6) is -0.238. The molecule has 0 aliphatic carbocycles. The van der Waals surface area contributed by atoms with Gasteiger partial charge in [0.2, 0.25) is 0 Å². The highest BCUT2D eigenvalue weighted by Crippen LogP contribution is 2.30. The van der Waals surface area contributed by atoms with Gasteiger partial charge < -0.3 is 5.11 Å². The highest BCUT2D eigenvalue weighted by atomic mass is 19.1. The second kappa shape index (κ2) is 3.97. The fourth-order valence-corrected chi connectivity index (χ4v) is 1.87. The fourth-order valence-electron chi connectivity index (χ4n) is 1.87. The summed E-state index contributed by atoms with van der Waals surface area (Å²) in [7, 11) is 0. The molecule has 0 saturated heterocycles. The van der Waals surface area contributed by atoms with Gasteiger partial charge in [0.25, 0.3) is 0 Å². The lowest BCUT2D eigenvalue weighted by molar-refractivity contribution is 0.475. The second-order valence-electron chi connectivity index (χ2n) is 4.04. The first-order valence-corrected chi connectivity index (χ1v) is 5.13. The minimum absolute atomic E-state index is 0.103. The highest BCUT2D eigenvalue weighted by Gasteiger charge is 2.06. The molecule has 0 spiro atoms. The van der Waals surface area contributed by atoms with Gasteiger partial charge in [0, 0.05) is 5.56 Å². The molecule has 0 bridgehead atoms. The van der Waals surface area contributed by atoms with E-state index in [9.17, 15) is 9.50 Å². The maximum atomic E-state index is 13.1. The normalized spacial score (nSPS) is 10.4. The number of aryl methyl sites for hydroxylation is 2. The molecule has 2 aromatic carbocycles. The van der Waals surface area contributed by atoms with Gasteiger partial charge in [0.1, 0.15) is 11.6 Å². The molecule has 0 amide bonds. The first-order valence-electron chi connectivity index (χ1n) is 5.13. The van der Waals surface area contributed by atoms with E-state index < -0.39 is 0 Å². The molecule has 0 radical (unpaired) electrons. The number of benzene rings is 2. The first kappa shape index (κ1) is 10.7. The van der Waals surface area contributed by atoms with Crippen LogP contribution in [0.5, 0.6) is 5.75 Å². The molecule has 0 unspecified atom stereocenters. The van der Waals surface area contributed by atoms with Crippen molar-refractivity contribution >= 4 is 0 Å². The van der Waals surface area contributed by atoms with Crippen LogP contribution in [0.4, 0.5) is 4.39 Å². The van der Waals surface area contributed by atoms with Crippen molar-refractivity contribution < 1.29 is 9.50 Å². The molecule has 0 atom stereocenters. The Morgan fingerprint density at radius 2 is 1.56 bits per heavy atom. The van der Waals surface area contributed by atoms with Crippen LogP contribution in [0.25, 0.3) is 11.1 Å². The van der Waals surface area contributed by atoms with Gasteiger partial charge in [-0.05, 0) is 37.6 Å². The lowest BCUT2D eigenvalue weighted by atomic mass is 10.00. The van der Waals surface area contributed by atoms with Crippen molar-refractivity contribution in [1.82, 2.24) is 0 Å². The molecule has 0 saturated carbocycles. The van der Waals surface area contributed by atoms with Crippen molar-refractivity contribution in [2.24, 2.45) is 0 Å². The molecular weight excluding hydrogens is 203 g/mol. The largest absolute Gasteiger partial charge is 0.507 e. The zero-order valence-corrected chi connectivity index (χ0v) is 9.29. The smallest absolute Gasteiger partial charge is 0.124 e. The minimum Gasteiger partial charge on any atom is -0.507 e. The SMILES string of the molecule is Cc1cc(C)cc(-c2cc(F)ccc2O)c1. The maximum absolute atomic E-state index is 13.1. The fraction of sp³-hybridized carbons (Fsp3) is 0.143. The Balaban J connectivity index is 2.62. The molecule has 1 N–H and O–H groups in total. The molecule has 0 heterocycles. The molecule has 1 nitrogen and oxygen atoms in total. The number of halogens is 1.